The lowest BCUT2D eigenvalue weighted by molar-refractivity contribution is -0.114. The maximum Gasteiger partial charge on any atom is 0.337 e. The molecule has 0 fully saturated rings. The van der Waals surface area contributed by atoms with E-state index >= 15 is 0 Å². The number of methoxy groups -OCH3 is 1. The molecule has 0 N–H and O–H groups in total. The molecule has 2 aromatic carbocycles. The van der Waals surface area contributed by atoms with E-state index in [9.17, 15) is 22.8 Å². The average Bonchev–Trinajstić information content (AvgIpc) is 2.73. The number of ketones is 1. The lowest BCUT2D eigenvalue weighted by Crippen LogP contribution is -2.32. The Balaban J connectivity index is 1.87. The van der Waals surface area contributed by atoms with Crippen LogP contribution in [0.5, 0.6) is 0 Å². The zero-order chi connectivity index (χ0) is 21.4. The molecule has 0 aliphatic carbocycles. The van der Waals surface area contributed by atoms with Gasteiger partial charge in [-0.2, -0.15) is 0 Å². The lowest BCUT2D eigenvalue weighted by Gasteiger charge is -2.35. The summed E-state index contributed by atoms with van der Waals surface area (Å²) >= 11 is 0. The number of esters is 1. The van der Waals surface area contributed by atoms with Gasteiger partial charge in [0.2, 0.25) is 0 Å². The lowest BCUT2D eigenvalue weighted by atomic mass is 9.90. The summed E-state index contributed by atoms with van der Waals surface area (Å²) in [5.41, 5.74) is 1.14. The summed E-state index contributed by atoms with van der Waals surface area (Å²) in [4.78, 5) is 26.3. The number of ether oxygens (including phenoxy) is 1. The maximum absolute atomic E-state index is 14.7. The third kappa shape index (κ3) is 3.32. The van der Waals surface area contributed by atoms with Gasteiger partial charge in [-0.05, 0) is 42.5 Å². The molecule has 4 nitrogen and oxygen atoms in total. The number of hydrogen-bond donors (Lipinski definition) is 0. The second-order valence-electron chi connectivity index (χ2n) is 6.81. The Hall–Kier alpha value is -3.61. The van der Waals surface area contributed by atoms with Crippen molar-refractivity contribution in [1.29, 1.82) is 0 Å². The van der Waals surface area contributed by atoms with Crippen molar-refractivity contribution in [2.45, 2.75) is 6.42 Å². The maximum atomic E-state index is 14.7. The molecule has 0 saturated heterocycles. The van der Waals surface area contributed by atoms with E-state index in [4.69, 9.17) is 0 Å². The third-order valence-corrected chi connectivity index (χ3v) is 5.05. The first-order valence-corrected chi connectivity index (χ1v) is 9.17. The van der Waals surface area contributed by atoms with Crippen LogP contribution in [0.15, 0.2) is 60.3 Å². The van der Waals surface area contributed by atoms with Crippen molar-refractivity contribution in [1.82, 2.24) is 4.90 Å². The SMILES string of the molecule is COC(=O)c1ccc(F)c(C2=C3C=CC=C(c4ccc(F)cc4F)N3CCC2=O)c1. The number of allylic oxidation sites excluding steroid dienone is 4. The van der Waals surface area contributed by atoms with Crippen LogP contribution in [0.4, 0.5) is 13.2 Å². The normalized spacial score (nSPS) is 15.8. The Morgan fingerprint density at radius 3 is 2.57 bits per heavy atom. The van der Waals surface area contributed by atoms with Gasteiger partial charge in [-0.3, -0.25) is 4.79 Å². The molecule has 4 rings (SSSR count). The van der Waals surface area contributed by atoms with Gasteiger partial charge in [0.25, 0.3) is 0 Å². The fraction of sp³-hybridized carbons (Fsp3) is 0.130. The van der Waals surface area contributed by atoms with Gasteiger partial charge in [0, 0.05) is 30.2 Å². The first-order chi connectivity index (χ1) is 14.4. The molecule has 2 aromatic rings. The van der Waals surface area contributed by atoms with Crippen LogP contribution in [0.2, 0.25) is 0 Å². The van der Waals surface area contributed by atoms with Crippen molar-refractivity contribution in [3.8, 4) is 0 Å². The molecular weight excluding hydrogens is 395 g/mol. The summed E-state index contributed by atoms with van der Waals surface area (Å²) in [6.45, 7) is 0.253. The van der Waals surface area contributed by atoms with E-state index in [0.29, 0.717) is 11.4 Å². The van der Waals surface area contributed by atoms with Crippen molar-refractivity contribution in [2.75, 3.05) is 13.7 Å². The average molecular weight is 411 g/mol. The first kappa shape index (κ1) is 19.7. The van der Waals surface area contributed by atoms with Crippen molar-refractivity contribution in [2.24, 2.45) is 0 Å². The number of benzene rings is 2. The Morgan fingerprint density at radius 2 is 1.83 bits per heavy atom. The van der Waals surface area contributed by atoms with Gasteiger partial charge in [-0.1, -0.05) is 6.08 Å². The van der Waals surface area contributed by atoms with Crippen LogP contribution in [-0.2, 0) is 9.53 Å². The smallest absolute Gasteiger partial charge is 0.337 e. The molecule has 0 spiro atoms. The van der Waals surface area contributed by atoms with Crippen molar-refractivity contribution in [3.63, 3.8) is 0 Å². The van der Waals surface area contributed by atoms with E-state index in [1.165, 1.54) is 25.3 Å². The minimum atomic E-state index is -0.742. The van der Waals surface area contributed by atoms with Crippen molar-refractivity contribution in [3.05, 3.63) is 94.5 Å². The second kappa shape index (κ2) is 7.67. The van der Waals surface area contributed by atoms with Gasteiger partial charge in [0.05, 0.1) is 29.6 Å². The van der Waals surface area contributed by atoms with Gasteiger partial charge in [0.1, 0.15) is 17.5 Å². The van der Waals surface area contributed by atoms with Crippen LogP contribution in [0, 0.1) is 17.5 Å². The molecule has 30 heavy (non-hydrogen) atoms. The number of carbonyl (C=O) groups is 2. The summed E-state index contributed by atoms with van der Waals surface area (Å²) in [6.07, 6.45) is 4.95. The highest BCUT2D eigenvalue weighted by Gasteiger charge is 2.32. The highest BCUT2D eigenvalue weighted by atomic mass is 19.1. The monoisotopic (exact) mass is 411 g/mol. The Labute approximate surface area is 170 Å². The molecule has 152 valence electrons. The number of Topliss-reactive ketones (excluding diaryl/α,β-unsaturated/α-hetero) is 1. The molecule has 0 amide bonds. The van der Waals surface area contributed by atoms with Crippen LogP contribution in [0.1, 0.15) is 27.9 Å². The summed E-state index contributed by atoms with van der Waals surface area (Å²) in [5, 5.41) is 0. The second-order valence-corrected chi connectivity index (χ2v) is 6.81. The number of nitrogens with zero attached hydrogens (tertiary/aromatic N) is 1. The molecule has 2 aliphatic rings. The zero-order valence-corrected chi connectivity index (χ0v) is 15.9. The topological polar surface area (TPSA) is 46.6 Å². The summed E-state index contributed by atoms with van der Waals surface area (Å²) < 4.78 is 47.1. The zero-order valence-electron chi connectivity index (χ0n) is 15.9. The molecule has 0 saturated carbocycles. The summed E-state index contributed by atoms with van der Waals surface area (Å²) in [6, 6.07) is 6.90. The van der Waals surface area contributed by atoms with Gasteiger partial charge in [-0.15, -0.1) is 0 Å². The van der Waals surface area contributed by atoms with E-state index in [-0.39, 0.29) is 41.0 Å². The van der Waals surface area contributed by atoms with Gasteiger partial charge >= 0.3 is 5.97 Å². The number of carbonyl (C=O) groups excluding carboxylic acids is 2. The Kier molecular flexibility index (Phi) is 5.03. The molecule has 0 atom stereocenters. The molecule has 2 heterocycles. The van der Waals surface area contributed by atoms with Crippen LogP contribution in [0.25, 0.3) is 11.3 Å². The van der Waals surface area contributed by atoms with Crippen molar-refractivity contribution >= 4 is 23.0 Å². The van der Waals surface area contributed by atoms with E-state index in [1.807, 2.05) is 0 Å². The largest absolute Gasteiger partial charge is 0.465 e. The van der Waals surface area contributed by atoms with E-state index in [0.717, 1.165) is 18.2 Å². The molecule has 0 unspecified atom stereocenters. The first-order valence-electron chi connectivity index (χ1n) is 9.17. The van der Waals surface area contributed by atoms with Crippen LogP contribution >= 0.6 is 0 Å². The van der Waals surface area contributed by atoms with Crippen LogP contribution < -0.4 is 0 Å². The van der Waals surface area contributed by atoms with Gasteiger partial charge in [-0.25, -0.2) is 18.0 Å². The molecule has 7 heteroatoms. The minimum Gasteiger partial charge on any atom is -0.465 e. The number of fused-ring (bicyclic) bond motifs is 1. The molecule has 2 aliphatic heterocycles. The van der Waals surface area contributed by atoms with E-state index < -0.39 is 23.4 Å². The predicted molar refractivity (Wildman–Crippen MR) is 104 cm³/mol. The number of hydrogen-bond acceptors (Lipinski definition) is 4. The standard InChI is InChI=1S/C23H16F3NO3/c1-30-23(29)13-5-8-17(25)16(11-13)22-20-4-2-3-19(27(20)10-9-21(22)28)15-7-6-14(24)12-18(15)26/h2-8,11-12H,9-10H2,1H3. The Bertz CT molecular complexity index is 1160. The molecule has 0 bridgehead atoms. The van der Waals surface area contributed by atoms with E-state index in [2.05, 4.69) is 4.74 Å². The molecule has 0 radical (unpaired) electrons. The Morgan fingerprint density at radius 1 is 1.03 bits per heavy atom. The summed E-state index contributed by atoms with van der Waals surface area (Å²) in [7, 11) is 1.21. The fourth-order valence-electron chi connectivity index (χ4n) is 3.66. The van der Waals surface area contributed by atoms with Crippen LogP contribution in [-0.4, -0.2) is 30.3 Å². The summed E-state index contributed by atoms with van der Waals surface area (Å²) in [5.74, 6) is -3.07. The van der Waals surface area contributed by atoms with Crippen LogP contribution in [0.3, 0.4) is 0 Å². The molecular formula is C23H16F3NO3. The highest BCUT2D eigenvalue weighted by Crippen LogP contribution is 2.38. The fourth-order valence-corrected chi connectivity index (χ4v) is 3.66. The predicted octanol–water partition coefficient (Wildman–Crippen LogP) is 4.49. The quantitative estimate of drug-likeness (QED) is 0.699. The third-order valence-electron chi connectivity index (χ3n) is 5.05. The number of rotatable bonds is 3. The highest BCUT2D eigenvalue weighted by molar-refractivity contribution is 6.23. The minimum absolute atomic E-state index is 0.0342. The van der Waals surface area contributed by atoms with Gasteiger partial charge < -0.3 is 9.64 Å². The molecule has 0 aromatic heterocycles. The van der Waals surface area contributed by atoms with Crippen molar-refractivity contribution < 1.29 is 27.5 Å². The number of halogens is 3. The van der Waals surface area contributed by atoms with Gasteiger partial charge in [0.15, 0.2) is 5.78 Å². The van der Waals surface area contributed by atoms with E-state index in [1.54, 1.807) is 23.1 Å².